The number of carbonyl (C=O) groups excluding carboxylic acids is 1. The number of nitrogens with one attached hydrogen (secondary N) is 1. The van der Waals surface area contributed by atoms with Gasteiger partial charge in [0.1, 0.15) is 0 Å². The summed E-state index contributed by atoms with van der Waals surface area (Å²) in [6.45, 7) is 1.64. The lowest BCUT2D eigenvalue weighted by molar-refractivity contribution is 0.0608. The van der Waals surface area contributed by atoms with Gasteiger partial charge in [0.25, 0.3) is 0 Å². The second kappa shape index (κ2) is 5.57. The molecule has 2 fully saturated rings. The van der Waals surface area contributed by atoms with Crippen LogP contribution in [0.25, 0.3) is 0 Å². The monoisotopic (exact) mass is 272 g/mol. The molecule has 2 unspecified atom stereocenters. The standard InChI is InChI=1S/C17H24N2O/c1-12(20)16-8-3-4-9-17(16)18-13-10-14-6-5-7-15(11-13)19(14)2/h3-4,8-9,13-15,18H,5-7,10-11H2,1-2H3/t13?,14-,15?/m1/s1. The molecule has 1 aromatic rings. The van der Waals surface area contributed by atoms with Crippen LogP contribution in [0.2, 0.25) is 0 Å². The highest BCUT2D eigenvalue weighted by Gasteiger charge is 2.35. The van der Waals surface area contributed by atoms with E-state index in [4.69, 9.17) is 0 Å². The van der Waals surface area contributed by atoms with Crippen molar-refractivity contribution < 1.29 is 4.79 Å². The number of ketones is 1. The van der Waals surface area contributed by atoms with Gasteiger partial charge in [-0.2, -0.15) is 0 Å². The predicted octanol–water partition coefficient (Wildman–Crippen LogP) is 3.32. The molecule has 2 bridgehead atoms. The molecule has 0 radical (unpaired) electrons. The molecule has 2 saturated heterocycles. The van der Waals surface area contributed by atoms with Gasteiger partial charge >= 0.3 is 0 Å². The molecule has 0 spiro atoms. The number of nitrogens with zero attached hydrogens (tertiary/aromatic N) is 1. The number of carbonyl (C=O) groups is 1. The molecule has 2 aliphatic rings. The summed E-state index contributed by atoms with van der Waals surface area (Å²) in [7, 11) is 2.27. The van der Waals surface area contributed by atoms with Crippen molar-refractivity contribution in [3.8, 4) is 0 Å². The van der Waals surface area contributed by atoms with E-state index in [1.165, 1.54) is 32.1 Å². The van der Waals surface area contributed by atoms with E-state index < -0.39 is 0 Å². The van der Waals surface area contributed by atoms with E-state index in [0.29, 0.717) is 18.1 Å². The first-order chi connectivity index (χ1) is 9.65. The zero-order chi connectivity index (χ0) is 14.1. The maximum Gasteiger partial charge on any atom is 0.161 e. The fourth-order valence-corrected chi connectivity index (χ4v) is 3.87. The number of hydrogen-bond donors (Lipinski definition) is 1. The maximum atomic E-state index is 11.7. The van der Waals surface area contributed by atoms with Crippen LogP contribution in [0.15, 0.2) is 24.3 Å². The van der Waals surface area contributed by atoms with Crippen LogP contribution in [0.4, 0.5) is 5.69 Å². The number of rotatable bonds is 3. The number of piperidine rings is 2. The molecule has 3 heteroatoms. The molecule has 2 aliphatic heterocycles. The Bertz CT molecular complexity index is 486. The Kier molecular flexibility index (Phi) is 3.79. The van der Waals surface area contributed by atoms with Crippen molar-refractivity contribution in [3.05, 3.63) is 29.8 Å². The molecule has 20 heavy (non-hydrogen) atoms. The molecule has 1 aromatic carbocycles. The first-order valence-corrected chi connectivity index (χ1v) is 7.73. The molecular formula is C17H24N2O. The highest BCUT2D eigenvalue weighted by atomic mass is 16.1. The number of fused-ring (bicyclic) bond motifs is 2. The Balaban J connectivity index is 1.74. The van der Waals surface area contributed by atoms with Crippen LogP contribution >= 0.6 is 0 Å². The minimum absolute atomic E-state index is 0.140. The quantitative estimate of drug-likeness (QED) is 0.857. The summed E-state index contributed by atoms with van der Waals surface area (Å²) < 4.78 is 0. The highest BCUT2D eigenvalue weighted by Crippen LogP contribution is 2.34. The van der Waals surface area contributed by atoms with Gasteiger partial charge in [-0.25, -0.2) is 0 Å². The summed E-state index contributed by atoms with van der Waals surface area (Å²) in [5.74, 6) is 0.140. The Morgan fingerprint density at radius 1 is 1.20 bits per heavy atom. The summed E-state index contributed by atoms with van der Waals surface area (Å²) >= 11 is 0. The fourth-order valence-electron chi connectivity index (χ4n) is 3.87. The van der Waals surface area contributed by atoms with Crippen LogP contribution in [0.3, 0.4) is 0 Å². The van der Waals surface area contributed by atoms with E-state index >= 15 is 0 Å². The zero-order valence-corrected chi connectivity index (χ0v) is 12.4. The highest BCUT2D eigenvalue weighted by molar-refractivity contribution is 5.99. The van der Waals surface area contributed by atoms with Gasteiger partial charge in [-0.15, -0.1) is 0 Å². The third-order valence-corrected chi connectivity index (χ3v) is 5.01. The number of anilines is 1. The largest absolute Gasteiger partial charge is 0.382 e. The van der Waals surface area contributed by atoms with E-state index in [1.54, 1.807) is 6.92 Å². The lowest BCUT2D eigenvalue weighted by atomic mass is 9.82. The first-order valence-electron chi connectivity index (χ1n) is 7.73. The van der Waals surface area contributed by atoms with E-state index in [-0.39, 0.29) is 5.78 Å². The van der Waals surface area contributed by atoms with Gasteiger partial charge in [0, 0.05) is 29.4 Å². The lowest BCUT2D eigenvalue weighted by Gasteiger charge is -2.47. The van der Waals surface area contributed by atoms with Gasteiger partial charge in [-0.1, -0.05) is 18.6 Å². The van der Waals surface area contributed by atoms with E-state index in [2.05, 4.69) is 17.3 Å². The minimum Gasteiger partial charge on any atom is -0.382 e. The summed E-state index contributed by atoms with van der Waals surface area (Å²) in [6.07, 6.45) is 6.40. The minimum atomic E-state index is 0.140. The number of para-hydroxylation sites is 1. The summed E-state index contributed by atoms with van der Waals surface area (Å²) in [5.41, 5.74) is 1.82. The van der Waals surface area contributed by atoms with E-state index in [1.807, 2.05) is 24.3 Å². The topological polar surface area (TPSA) is 32.3 Å². The van der Waals surface area contributed by atoms with E-state index in [9.17, 15) is 4.79 Å². The number of Topliss-reactive ketones (excluding diaryl/α,β-unsaturated/α-hetero) is 1. The van der Waals surface area contributed by atoms with Crippen LogP contribution in [0.5, 0.6) is 0 Å². The Morgan fingerprint density at radius 2 is 1.85 bits per heavy atom. The van der Waals surface area contributed by atoms with Crippen molar-refractivity contribution in [1.29, 1.82) is 0 Å². The van der Waals surface area contributed by atoms with Crippen molar-refractivity contribution in [3.63, 3.8) is 0 Å². The molecule has 2 heterocycles. The summed E-state index contributed by atoms with van der Waals surface area (Å²) in [4.78, 5) is 14.3. The molecule has 0 amide bonds. The smallest absolute Gasteiger partial charge is 0.161 e. The van der Waals surface area contributed by atoms with Crippen LogP contribution < -0.4 is 5.32 Å². The average molecular weight is 272 g/mol. The summed E-state index contributed by atoms with van der Waals surface area (Å²) in [6, 6.07) is 9.82. The van der Waals surface area contributed by atoms with Crippen LogP contribution in [0.1, 0.15) is 49.4 Å². The molecule has 0 aliphatic carbocycles. The molecule has 108 valence electrons. The second-order valence-corrected chi connectivity index (χ2v) is 6.32. The number of benzene rings is 1. The SMILES string of the molecule is CC(=O)c1ccccc1NC1CC2CCC[C@H](C1)N2C. The Morgan fingerprint density at radius 3 is 2.50 bits per heavy atom. The Hall–Kier alpha value is -1.35. The third-order valence-electron chi connectivity index (χ3n) is 5.01. The van der Waals surface area contributed by atoms with Crippen molar-refractivity contribution in [2.75, 3.05) is 12.4 Å². The Labute approximate surface area is 121 Å². The zero-order valence-electron chi connectivity index (χ0n) is 12.4. The number of hydrogen-bond acceptors (Lipinski definition) is 3. The predicted molar refractivity (Wildman–Crippen MR) is 82.3 cm³/mol. The first kappa shape index (κ1) is 13.6. The summed E-state index contributed by atoms with van der Waals surface area (Å²) in [5, 5.41) is 3.63. The fraction of sp³-hybridized carbons (Fsp3) is 0.588. The molecule has 3 rings (SSSR count). The van der Waals surface area contributed by atoms with Crippen LogP contribution in [-0.2, 0) is 0 Å². The van der Waals surface area contributed by atoms with Gasteiger partial charge in [-0.3, -0.25) is 4.79 Å². The third kappa shape index (κ3) is 2.59. The van der Waals surface area contributed by atoms with Gasteiger partial charge < -0.3 is 10.2 Å². The molecule has 0 saturated carbocycles. The van der Waals surface area contributed by atoms with Crippen molar-refractivity contribution in [2.45, 2.75) is 57.2 Å². The normalized spacial score (nSPS) is 30.0. The van der Waals surface area contributed by atoms with Gasteiger partial charge in [0.15, 0.2) is 5.78 Å². The lowest BCUT2D eigenvalue weighted by Crippen LogP contribution is -2.52. The molecular weight excluding hydrogens is 248 g/mol. The van der Waals surface area contributed by atoms with Gasteiger partial charge in [0.2, 0.25) is 0 Å². The van der Waals surface area contributed by atoms with Crippen molar-refractivity contribution in [2.24, 2.45) is 0 Å². The maximum absolute atomic E-state index is 11.7. The van der Waals surface area contributed by atoms with Crippen LogP contribution in [-0.4, -0.2) is 35.9 Å². The molecule has 1 N–H and O–H groups in total. The molecule has 3 atom stereocenters. The van der Waals surface area contributed by atoms with Gasteiger partial charge in [0.05, 0.1) is 0 Å². The van der Waals surface area contributed by atoms with Gasteiger partial charge in [-0.05, 0) is 51.8 Å². The van der Waals surface area contributed by atoms with E-state index in [0.717, 1.165) is 11.3 Å². The average Bonchev–Trinajstić information content (AvgIpc) is 2.40. The van der Waals surface area contributed by atoms with Crippen LogP contribution in [0, 0.1) is 0 Å². The molecule has 0 aromatic heterocycles. The van der Waals surface area contributed by atoms with Crippen molar-refractivity contribution >= 4 is 11.5 Å². The van der Waals surface area contributed by atoms with Crippen molar-refractivity contribution in [1.82, 2.24) is 4.90 Å². The second-order valence-electron chi connectivity index (χ2n) is 6.32. The molecule has 3 nitrogen and oxygen atoms in total.